The Morgan fingerprint density at radius 2 is 0.786 bits per heavy atom. The minimum Gasteiger partial charge on any atom is -0.0622 e. The van der Waals surface area contributed by atoms with E-state index in [1.54, 1.807) is 80.9 Å². The molecule has 0 bridgehead atoms. The summed E-state index contributed by atoms with van der Waals surface area (Å²) in [6.45, 7) is 0. The molecule has 0 amide bonds. The van der Waals surface area contributed by atoms with Crippen molar-refractivity contribution in [2.24, 2.45) is 94.7 Å². The van der Waals surface area contributed by atoms with E-state index in [9.17, 15) is 0 Å². The van der Waals surface area contributed by atoms with Crippen molar-refractivity contribution >= 4 is 0 Å². The molecule has 0 spiro atoms. The molecule has 0 saturated heterocycles. The van der Waals surface area contributed by atoms with E-state index < -0.39 is 0 Å². The Hall–Kier alpha value is -3.12. The second kappa shape index (κ2) is 13.2. The van der Waals surface area contributed by atoms with Gasteiger partial charge in [-0.3, -0.25) is 0 Å². The molecule has 9 aliphatic carbocycles. The van der Waals surface area contributed by atoms with Crippen molar-refractivity contribution in [1.29, 1.82) is 0 Å². The summed E-state index contributed by atoms with van der Waals surface area (Å²) in [5.74, 6) is 17.1. The highest BCUT2D eigenvalue weighted by atomic mass is 14.7. The lowest BCUT2D eigenvalue weighted by Gasteiger charge is -2.65. The Morgan fingerprint density at radius 3 is 1.46 bits per heavy atom. The van der Waals surface area contributed by atoms with E-state index in [1.807, 2.05) is 0 Å². The van der Waals surface area contributed by atoms with Crippen LogP contribution in [0.4, 0.5) is 0 Å². The molecule has 9 saturated carbocycles. The van der Waals surface area contributed by atoms with Crippen LogP contribution in [-0.4, -0.2) is 0 Å². The lowest BCUT2D eigenvalue weighted by atomic mass is 9.40. The van der Waals surface area contributed by atoms with Crippen LogP contribution in [-0.2, 0) is 0 Å². The monoisotopic (exact) mass is 737 g/mol. The van der Waals surface area contributed by atoms with Gasteiger partial charge in [0, 0.05) is 0 Å². The van der Waals surface area contributed by atoms with Crippen LogP contribution < -0.4 is 0 Å². The Bertz CT molecular complexity index is 2040. The number of hydrogen-bond donors (Lipinski definition) is 0. The predicted octanol–water partition coefficient (Wildman–Crippen LogP) is 14.3. The summed E-state index contributed by atoms with van der Waals surface area (Å²) in [5, 5.41) is 0. The highest BCUT2D eigenvalue weighted by molar-refractivity contribution is 5.69. The highest BCUT2D eigenvalue weighted by Crippen LogP contribution is 2.77. The molecule has 9 aliphatic rings. The van der Waals surface area contributed by atoms with E-state index in [2.05, 4.69) is 109 Å². The van der Waals surface area contributed by atoms with Gasteiger partial charge in [-0.25, -0.2) is 0 Å². The lowest BCUT2D eigenvalue weighted by Crippen LogP contribution is -2.59. The van der Waals surface area contributed by atoms with Crippen LogP contribution in [0.2, 0.25) is 0 Å². The minimum absolute atomic E-state index is 0.696. The Morgan fingerprint density at radius 1 is 0.304 bits per heavy atom. The minimum atomic E-state index is 0.696. The van der Waals surface area contributed by atoms with Gasteiger partial charge in [-0.05, 0) is 217 Å². The van der Waals surface area contributed by atoms with E-state index in [0.29, 0.717) is 11.8 Å². The first-order chi connectivity index (χ1) is 27.8. The Labute approximate surface area is 337 Å². The zero-order valence-electron chi connectivity index (χ0n) is 33.7. The van der Waals surface area contributed by atoms with Gasteiger partial charge in [0.2, 0.25) is 0 Å². The normalized spacial score (nSPS) is 45.2. The molecule has 18 atom stereocenters. The molecule has 56 heavy (non-hydrogen) atoms. The molecular weight excluding hydrogens is 673 g/mol. The molecule has 0 aliphatic heterocycles. The Balaban J connectivity index is 0.974. The highest BCUT2D eigenvalue weighted by Gasteiger charge is 2.70. The second-order valence-corrected chi connectivity index (χ2v) is 21.5. The fourth-order valence-electron chi connectivity index (χ4n) is 19.2. The standard InChI is InChI=1S/C56H64/c1-3-12-33(13-4-1)37-16-11-17-38(32-37)50-41-20-9-10-21-42(41)53(40-19-8-7-18-39(40)34-14-5-2-6-15-34)56-48-31-29-46-44-27-25-36-23-22-35-24-26-43(51(44)49(35)36)45-28-30-47(55(50)56)54(48)52(45)46/h1-8,11-19,32,35-36,41-56H,9-10,20-31H2. The van der Waals surface area contributed by atoms with Gasteiger partial charge in [0.25, 0.3) is 0 Å². The maximum Gasteiger partial charge on any atom is -0.00905 e. The summed E-state index contributed by atoms with van der Waals surface area (Å²) in [4.78, 5) is 0. The maximum absolute atomic E-state index is 2.71. The van der Waals surface area contributed by atoms with Crippen LogP contribution in [0.15, 0.2) is 109 Å². The van der Waals surface area contributed by atoms with Gasteiger partial charge in [-0.2, -0.15) is 0 Å². The molecule has 9 fully saturated rings. The fraction of sp³-hybridized carbons (Fsp3) is 0.571. The molecule has 0 heterocycles. The molecule has 4 aromatic carbocycles. The maximum atomic E-state index is 2.71. The molecule has 13 rings (SSSR count). The Kier molecular flexibility index (Phi) is 7.97. The molecule has 288 valence electrons. The van der Waals surface area contributed by atoms with E-state index in [1.165, 1.54) is 42.4 Å². The van der Waals surface area contributed by atoms with E-state index in [0.717, 1.165) is 94.7 Å². The molecule has 18 unspecified atom stereocenters. The summed E-state index contributed by atoms with van der Waals surface area (Å²) >= 11 is 0. The first-order valence-electron chi connectivity index (χ1n) is 24.1. The molecule has 4 aromatic rings. The quantitative estimate of drug-likeness (QED) is 0.196. The summed E-state index contributed by atoms with van der Waals surface area (Å²) in [5.41, 5.74) is 9.29. The SMILES string of the molecule is c1ccc(-c2cccc(C3C4CCCCC4C(c4ccccc4-c4ccccc4)C4C5CCC6C7CCC8CCC9CCC(C%10CCC(C5C%106)C34)C7C98)c2)cc1. The largest absolute Gasteiger partial charge is 0.0622 e. The average Bonchev–Trinajstić information content (AvgIpc) is 3.85. The van der Waals surface area contributed by atoms with Gasteiger partial charge < -0.3 is 0 Å². The predicted molar refractivity (Wildman–Crippen MR) is 230 cm³/mol. The van der Waals surface area contributed by atoms with Gasteiger partial charge >= 0.3 is 0 Å². The first-order valence-corrected chi connectivity index (χ1v) is 24.1. The summed E-state index contributed by atoms with van der Waals surface area (Å²) in [6, 6.07) is 43.1. The second-order valence-electron chi connectivity index (χ2n) is 21.5. The van der Waals surface area contributed by atoms with Gasteiger partial charge in [0.1, 0.15) is 0 Å². The first kappa shape index (κ1) is 33.8. The lowest BCUT2D eigenvalue weighted by molar-refractivity contribution is -0.169. The van der Waals surface area contributed by atoms with Crippen molar-refractivity contribution in [3.05, 3.63) is 120 Å². The van der Waals surface area contributed by atoms with Crippen molar-refractivity contribution in [1.82, 2.24) is 0 Å². The zero-order chi connectivity index (χ0) is 36.5. The topological polar surface area (TPSA) is 0 Å². The van der Waals surface area contributed by atoms with Crippen molar-refractivity contribution in [3.63, 3.8) is 0 Å². The third-order valence-corrected chi connectivity index (χ3v) is 20.2. The van der Waals surface area contributed by atoms with Crippen LogP contribution in [0.1, 0.15) is 113 Å². The van der Waals surface area contributed by atoms with Crippen LogP contribution in [0, 0.1) is 94.7 Å². The molecule has 0 nitrogen and oxygen atoms in total. The van der Waals surface area contributed by atoms with Gasteiger partial charge in [0.15, 0.2) is 0 Å². The number of fused-ring (bicyclic) bond motifs is 6. The van der Waals surface area contributed by atoms with Crippen molar-refractivity contribution in [3.8, 4) is 22.3 Å². The van der Waals surface area contributed by atoms with Crippen LogP contribution in [0.3, 0.4) is 0 Å². The van der Waals surface area contributed by atoms with E-state index in [4.69, 9.17) is 0 Å². The van der Waals surface area contributed by atoms with Crippen LogP contribution in [0.25, 0.3) is 22.3 Å². The molecule has 0 heteroatoms. The van der Waals surface area contributed by atoms with Crippen LogP contribution in [0.5, 0.6) is 0 Å². The smallest absolute Gasteiger partial charge is 0.00905 e. The fourth-order valence-corrected chi connectivity index (χ4v) is 19.2. The summed E-state index contributed by atoms with van der Waals surface area (Å²) in [7, 11) is 0. The third-order valence-electron chi connectivity index (χ3n) is 20.2. The summed E-state index contributed by atoms with van der Waals surface area (Å²) < 4.78 is 0. The summed E-state index contributed by atoms with van der Waals surface area (Å²) in [6.07, 6.45) is 21.5. The van der Waals surface area contributed by atoms with Gasteiger partial charge in [0.05, 0.1) is 0 Å². The molecular formula is C56H64. The third kappa shape index (κ3) is 4.83. The van der Waals surface area contributed by atoms with Gasteiger partial charge in [-0.1, -0.05) is 122 Å². The molecule has 0 aromatic heterocycles. The van der Waals surface area contributed by atoms with E-state index >= 15 is 0 Å². The van der Waals surface area contributed by atoms with Gasteiger partial charge in [-0.15, -0.1) is 0 Å². The number of benzene rings is 4. The van der Waals surface area contributed by atoms with Crippen molar-refractivity contribution in [2.45, 2.75) is 102 Å². The molecule has 0 radical (unpaired) electrons. The van der Waals surface area contributed by atoms with Crippen molar-refractivity contribution in [2.75, 3.05) is 0 Å². The van der Waals surface area contributed by atoms with Crippen LogP contribution >= 0.6 is 0 Å². The number of hydrogen-bond acceptors (Lipinski definition) is 0. The molecule has 0 N–H and O–H groups in total. The van der Waals surface area contributed by atoms with E-state index in [-0.39, 0.29) is 0 Å². The zero-order valence-corrected chi connectivity index (χ0v) is 33.7. The average molecular weight is 737 g/mol. The number of rotatable bonds is 4. The van der Waals surface area contributed by atoms with Crippen molar-refractivity contribution < 1.29 is 0 Å².